The van der Waals surface area contributed by atoms with Gasteiger partial charge in [-0.1, -0.05) is 0 Å². The fraction of sp³-hybridized carbons (Fsp3) is 0.278. The molecule has 0 unspecified atom stereocenters. The zero-order valence-electron chi connectivity index (χ0n) is 14.8. The molecule has 0 aliphatic carbocycles. The zero-order chi connectivity index (χ0) is 21.2. The van der Waals surface area contributed by atoms with Crippen molar-refractivity contribution in [1.29, 1.82) is 0 Å². The van der Waals surface area contributed by atoms with Crippen molar-refractivity contribution >= 4 is 23.4 Å². The third kappa shape index (κ3) is 5.13. The molecule has 1 atom stereocenters. The minimum atomic E-state index is -4.82. The van der Waals surface area contributed by atoms with Crippen LogP contribution in [0.25, 0.3) is 0 Å². The molecule has 1 aliphatic rings. The Hall–Kier alpha value is -3.34. The number of carbonyl (C=O) groups is 2. The van der Waals surface area contributed by atoms with Crippen molar-refractivity contribution in [2.75, 3.05) is 23.3 Å². The number of anilines is 2. The molecule has 1 fully saturated rings. The van der Waals surface area contributed by atoms with Crippen molar-refractivity contribution in [3.63, 3.8) is 0 Å². The van der Waals surface area contributed by atoms with E-state index in [4.69, 9.17) is 0 Å². The summed E-state index contributed by atoms with van der Waals surface area (Å²) in [5.74, 6) is -2.25. The van der Waals surface area contributed by atoms with Gasteiger partial charge in [0.1, 0.15) is 17.1 Å². The van der Waals surface area contributed by atoms with E-state index in [2.05, 4.69) is 15.0 Å². The molecule has 0 radical (unpaired) electrons. The number of carboxylic acid groups (broad SMARTS) is 1. The number of amides is 1. The number of aliphatic hydroxyl groups excluding tert-OH is 1. The summed E-state index contributed by atoms with van der Waals surface area (Å²) >= 11 is 0. The van der Waals surface area contributed by atoms with E-state index in [-0.39, 0.29) is 29.2 Å². The molecule has 8 nitrogen and oxygen atoms in total. The summed E-state index contributed by atoms with van der Waals surface area (Å²) in [6, 6.07) is 5.65. The standard InChI is InChI=1S/C18H16F3N3O5/c19-18(20,21)29-13-3-1-11(2-4-13)23-16(26)10-7-14(17(27)28)15(22-8-10)24-6-5-12(25)9-24/h1-4,7-8,12,25H,5-6,9H2,(H,23,26)(H,27,28)/t12-/m1/s1. The normalized spacial score (nSPS) is 16.6. The number of alkyl halides is 3. The molecule has 3 rings (SSSR count). The summed E-state index contributed by atoms with van der Waals surface area (Å²) in [7, 11) is 0. The number of rotatable bonds is 5. The maximum atomic E-state index is 12.4. The van der Waals surface area contributed by atoms with Gasteiger partial charge in [-0.05, 0) is 36.8 Å². The van der Waals surface area contributed by atoms with Crippen LogP contribution in [0.15, 0.2) is 36.5 Å². The lowest BCUT2D eigenvalue weighted by Gasteiger charge is -2.19. The molecule has 1 aliphatic heterocycles. The van der Waals surface area contributed by atoms with Crippen molar-refractivity contribution < 1.29 is 37.7 Å². The Morgan fingerprint density at radius 3 is 2.48 bits per heavy atom. The predicted octanol–water partition coefficient (Wildman–Crippen LogP) is 2.50. The summed E-state index contributed by atoms with van der Waals surface area (Å²) < 4.78 is 40.3. The van der Waals surface area contributed by atoms with Crippen LogP contribution in [-0.4, -0.2) is 52.6 Å². The molecule has 2 heterocycles. The lowest BCUT2D eigenvalue weighted by Crippen LogP contribution is -2.25. The summed E-state index contributed by atoms with van der Waals surface area (Å²) in [6.45, 7) is 0.678. The summed E-state index contributed by atoms with van der Waals surface area (Å²) in [6.07, 6.45) is -3.72. The number of hydrogen-bond donors (Lipinski definition) is 3. The maximum absolute atomic E-state index is 12.4. The van der Waals surface area contributed by atoms with Gasteiger partial charge in [-0.15, -0.1) is 13.2 Å². The lowest BCUT2D eigenvalue weighted by molar-refractivity contribution is -0.274. The minimum Gasteiger partial charge on any atom is -0.478 e. The number of ether oxygens (including phenoxy) is 1. The number of aliphatic hydroxyl groups is 1. The van der Waals surface area contributed by atoms with Crippen LogP contribution in [0.2, 0.25) is 0 Å². The van der Waals surface area contributed by atoms with Crippen molar-refractivity contribution in [3.8, 4) is 5.75 Å². The van der Waals surface area contributed by atoms with E-state index in [1.165, 1.54) is 18.3 Å². The Morgan fingerprint density at radius 2 is 1.93 bits per heavy atom. The smallest absolute Gasteiger partial charge is 0.478 e. The monoisotopic (exact) mass is 411 g/mol. The molecular formula is C18H16F3N3O5. The number of pyridine rings is 1. The van der Waals surface area contributed by atoms with E-state index in [0.717, 1.165) is 18.2 Å². The van der Waals surface area contributed by atoms with Gasteiger partial charge in [0.25, 0.3) is 5.91 Å². The molecule has 1 saturated heterocycles. The second-order valence-corrected chi connectivity index (χ2v) is 6.32. The Morgan fingerprint density at radius 1 is 1.24 bits per heavy atom. The average Bonchev–Trinajstić information content (AvgIpc) is 3.07. The lowest BCUT2D eigenvalue weighted by atomic mass is 10.1. The van der Waals surface area contributed by atoms with E-state index in [1.54, 1.807) is 4.90 Å². The number of hydrogen-bond acceptors (Lipinski definition) is 6. The third-order valence-electron chi connectivity index (χ3n) is 4.17. The van der Waals surface area contributed by atoms with Crippen LogP contribution in [0.3, 0.4) is 0 Å². The maximum Gasteiger partial charge on any atom is 0.573 e. The Balaban J connectivity index is 1.75. The predicted molar refractivity (Wildman–Crippen MR) is 95.1 cm³/mol. The van der Waals surface area contributed by atoms with E-state index in [1.807, 2.05) is 0 Å². The highest BCUT2D eigenvalue weighted by atomic mass is 19.4. The molecule has 1 amide bonds. The summed E-state index contributed by atoms with van der Waals surface area (Å²) in [5.41, 5.74) is -0.0460. The first kappa shape index (κ1) is 20.4. The first-order chi connectivity index (χ1) is 13.6. The Kier molecular flexibility index (Phi) is 5.59. The quantitative estimate of drug-likeness (QED) is 0.693. The number of benzene rings is 1. The minimum absolute atomic E-state index is 0.0403. The molecule has 29 heavy (non-hydrogen) atoms. The van der Waals surface area contributed by atoms with Gasteiger partial charge in [-0.3, -0.25) is 4.79 Å². The van der Waals surface area contributed by atoms with Gasteiger partial charge in [0.15, 0.2) is 0 Å². The van der Waals surface area contributed by atoms with E-state index in [9.17, 15) is 33.0 Å². The molecule has 0 bridgehead atoms. The highest BCUT2D eigenvalue weighted by Gasteiger charge is 2.31. The van der Waals surface area contributed by atoms with Crippen molar-refractivity contribution in [1.82, 2.24) is 4.98 Å². The van der Waals surface area contributed by atoms with Crippen LogP contribution in [-0.2, 0) is 0 Å². The fourth-order valence-electron chi connectivity index (χ4n) is 2.87. The van der Waals surface area contributed by atoms with Gasteiger partial charge in [-0.2, -0.15) is 0 Å². The number of aromatic carboxylic acids is 1. The molecular weight excluding hydrogens is 395 g/mol. The average molecular weight is 411 g/mol. The van der Waals surface area contributed by atoms with Crippen LogP contribution in [0.5, 0.6) is 5.75 Å². The molecule has 11 heteroatoms. The van der Waals surface area contributed by atoms with E-state index in [0.29, 0.717) is 13.0 Å². The van der Waals surface area contributed by atoms with Gasteiger partial charge in [-0.25, -0.2) is 9.78 Å². The van der Waals surface area contributed by atoms with Crippen molar-refractivity contribution in [3.05, 3.63) is 47.7 Å². The molecule has 0 saturated carbocycles. The molecule has 2 aromatic rings. The second-order valence-electron chi connectivity index (χ2n) is 6.32. The van der Waals surface area contributed by atoms with Crippen LogP contribution < -0.4 is 15.0 Å². The largest absolute Gasteiger partial charge is 0.573 e. The van der Waals surface area contributed by atoms with Crippen molar-refractivity contribution in [2.24, 2.45) is 0 Å². The van der Waals surface area contributed by atoms with Crippen LogP contribution >= 0.6 is 0 Å². The molecule has 0 spiro atoms. The molecule has 154 valence electrons. The summed E-state index contributed by atoms with van der Waals surface area (Å²) in [4.78, 5) is 29.6. The number of β-amino-alcohol motifs (C(OH)–C–C–N with tert-alkyl or cyclic N) is 1. The van der Waals surface area contributed by atoms with Gasteiger partial charge in [0.05, 0.1) is 11.7 Å². The first-order valence-corrected chi connectivity index (χ1v) is 8.46. The van der Waals surface area contributed by atoms with E-state index < -0.39 is 30.1 Å². The number of carboxylic acids is 1. The van der Waals surface area contributed by atoms with Crippen LogP contribution in [0.1, 0.15) is 27.1 Å². The summed E-state index contributed by atoms with van der Waals surface area (Å²) in [5, 5.41) is 21.5. The second kappa shape index (κ2) is 7.95. The van der Waals surface area contributed by atoms with Gasteiger partial charge >= 0.3 is 12.3 Å². The van der Waals surface area contributed by atoms with Crippen molar-refractivity contribution in [2.45, 2.75) is 18.9 Å². The number of nitrogens with one attached hydrogen (secondary N) is 1. The third-order valence-corrected chi connectivity index (χ3v) is 4.17. The fourth-order valence-corrected chi connectivity index (χ4v) is 2.87. The Bertz CT molecular complexity index is 918. The zero-order valence-corrected chi connectivity index (χ0v) is 14.8. The van der Waals surface area contributed by atoms with Gasteiger partial charge in [0, 0.05) is 25.0 Å². The van der Waals surface area contributed by atoms with Crippen LogP contribution in [0, 0.1) is 0 Å². The SMILES string of the molecule is O=C(Nc1ccc(OC(F)(F)F)cc1)c1cnc(N2CC[C@@H](O)C2)c(C(=O)O)c1. The number of halogens is 3. The van der Waals surface area contributed by atoms with Gasteiger partial charge in [0.2, 0.25) is 0 Å². The topological polar surface area (TPSA) is 112 Å². The van der Waals surface area contributed by atoms with Crippen LogP contribution in [0.4, 0.5) is 24.7 Å². The highest BCUT2D eigenvalue weighted by Crippen LogP contribution is 2.26. The highest BCUT2D eigenvalue weighted by molar-refractivity contribution is 6.06. The molecule has 1 aromatic heterocycles. The van der Waals surface area contributed by atoms with E-state index >= 15 is 0 Å². The first-order valence-electron chi connectivity index (χ1n) is 8.46. The number of aromatic nitrogens is 1. The number of nitrogens with zero attached hydrogens (tertiary/aromatic N) is 2. The molecule has 1 aromatic carbocycles. The molecule has 3 N–H and O–H groups in total. The Labute approximate surface area is 162 Å². The number of carbonyl (C=O) groups excluding carboxylic acids is 1. The van der Waals surface area contributed by atoms with Gasteiger partial charge < -0.3 is 25.2 Å².